The lowest BCUT2D eigenvalue weighted by atomic mass is 10.2. The van der Waals surface area contributed by atoms with Crippen molar-refractivity contribution in [2.45, 2.75) is 37.1 Å². The fourth-order valence-electron chi connectivity index (χ4n) is 1.88. The Balaban J connectivity index is 2.79. The molecule has 0 aliphatic rings. The van der Waals surface area contributed by atoms with Crippen molar-refractivity contribution in [1.29, 1.82) is 0 Å². The second kappa shape index (κ2) is 8.95. The number of nitrogens with one attached hydrogen (secondary N) is 1. The van der Waals surface area contributed by atoms with Gasteiger partial charge in [0.15, 0.2) is 5.16 Å². The fraction of sp³-hybridized carbons (Fsp3) is 0.667. The van der Waals surface area contributed by atoms with E-state index in [0.717, 1.165) is 19.4 Å². The molecule has 0 bridgehead atoms. The van der Waals surface area contributed by atoms with Gasteiger partial charge in [0, 0.05) is 31.9 Å². The molecule has 22 heavy (non-hydrogen) atoms. The highest BCUT2D eigenvalue weighted by Crippen LogP contribution is 2.24. The molecule has 0 aromatic carbocycles. The molecule has 1 N–H and O–H groups in total. The summed E-state index contributed by atoms with van der Waals surface area (Å²) in [6.07, 6.45) is 1.65. The van der Waals surface area contributed by atoms with Gasteiger partial charge in [-0.1, -0.05) is 25.1 Å². The van der Waals surface area contributed by atoms with E-state index in [2.05, 4.69) is 10.3 Å². The number of hydrogen-bond donors (Lipinski definition) is 1. The highest BCUT2D eigenvalue weighted by atomic mass is 32.2. The molecule has 7 heteroatoms. The van der Waals surface area contributed by atoms with E-state index in [1.54, 1.807) is 14.0 Å². The summed E-state index contributed by atoms with van der Waals surface area (Å²) in [5.74, 6) is 0.00413. The van der Waals surface area contributed by atoms with Crippen LogP contribution in [0.15, 0.2) is 16.0 Å². The van der Waals surface area contributed by atoms with Gasteiger partial charge in [0.05, 0.1) is 5.25 Å². The summed E-state index contributed by atoms with van der Waals surface area (Å²) in [5, 5.41) is 3.31. The molecule has 6 nitrogen and oxygen atoms in total. The predicted octanol–water partition coefficient (Wildman–Crippen LogP) is 1.03. The highest BCUT2D eigenvalue weighted by Gasteiger charge is 2.21. The SMILES string of the molecule is CCCC(Sc1nc(C)cc(=O)n1C)C(=O)NCCN(C)C. The summed E-state index contributed by atoms with van der Waals surface area (Å²) < 4.78 is 1.49. The van der Waals surface area contributed by atoms with E-state index in [1.807, 2.05) is 25.9 Å². The Morgan fingerprint density at radius 3 is 2.77 bits per heavy atom. The van der Waals surface area contributed by atoms with Crippen molar-refractivity contribution in [1.82, 2.24) is 19.8 Å². The molecule has 124 valence electrons. The Labute approximate surface area is 136 Å². The predicted molar refractivity (Wildman–Crippen MR) is 90.3 cm³/mol. The minimum absolute atomic E-state index is 0.00413. The van der Waals surface area contributed by atoms with Crippen LogP contribution in [0.4, 0.5) is 0 Å². The van der Waals surface area contributed by atoms with Crippen molar-refractivity contribution in [3.63, 3.8) is 0 Å². The minimum atomic E-state index is -0.230. The van der Waals surface area contributed by atoms with Crippen molar-refractivity contribution in [3.05, 3.63) is 22.1 Å². The average Bonchev–Trinajstić information content (AvgIpc) is 2.43. The Kier molecular flexibility index (Phi) is 7.61. The standard InChI is InChI=1S/C15H26N4O2S/c1-6-7-12(14(21)16-8-9-18(3)4)22-15-17-11(2)10-13(20)19(15)5/h10,12H,6-9H2,1-5H3,(H,16,21). The number of carbonyl (C=O) groups is 1. The molecule has 0 radical (unpaired) electrons. The van der Waals surface area contributed by atoms with Crippen LogP contribution in [0, 0.1) is 6.92 Å². The van der Waals surface area contributed by atoms with Crippen molar-refractivity contribution >= 4 is 17.7 Å². The first kappa shape index (κ1) is 18.7. The summed E-state index contributed by atoms with van der Waals surface area (Å²) in [7, 11) is 5.62. The lowest BCUT2D eigenvalue weighted by Gasteiger charge is -2.18. The quantitative estimate of drug-likeness (QED) is 0.571. The first-order valence-corrected chi connectivity index (χ1v) is 8.36. The molecular formula is C15H26N4O2S. The van der Waals surface area contributed by atoms with E-state index in [-0.39, 0.29) is 16.7 Å². The third kappa shape index (κ3) is 5.81. The first-order valence-electron chi connectivity index (χ1n) is 7.49. The molecular weight excluding hydrogens is 300 g/mol. The maximum Gasteiger partial charge on any atom is 0.254 e. The van der Waals surface area contributed by atoms with Crippen molar-refractivity contribution in [3.8, 4) is 0 Å². The van der Waals surface area contributed by atoms with Gasteiger partial charge in [0.25, 0.3) is 5.56 Å². The van der Waals surface area contributed by atoms with E-state index >= 15 is 0 Å². The molecule has 1 aromatic heterocycles. The van der Waals surface area contributed by atoms with E-state index in [9.17, 15) is 9.59 Å². The van der Waals surface area contributed by atoms with E-state index < -0.39 is 0 Å². The number of carbonyl (C=O) groups excluding carboxylic acids is 1. The highest BCUT2D eigenvalue weighted by molar-refractivity contribution is 8.00. The van der Waals surface area contributed by atoms with E-state index in [1.165, 1.54) is 22.4 Å². The number of amides is 1. The van der Waals surface area contributed by atoms with Crippen LogP contribution in [0.1, 0.15) is 25.5 Å². The monoisotopic (exact) mass is 326 g/mol. The fourth-order valence-corrected chi connectivity index (χ4v) is 3.13. The Hall–Kier alpha value is -1.34. The molecule has 0 fully saturated rings. The number of nitrogens with zero attached hydrogens (tertiary/aromatic N) is 3. The summed E-state index contributed by atoms with van der Waals surface area (Å²) in [4.78, 5) is 30.6. The molecule has 0 aliphatic carbocycles. The number of aryl methyl sites for hydroxylation is 1. The van der Waals surface area contributed by atoms with Crippen LogP contribution in [0.3, 0.4) is 0 Å². The molecule has 1 atom stereocenters. The third-order valence-electron chi connectivity index (χ3n) is 3.17. The third-order valence-corrected chi connectivity index (χ3v) is 4.48. The zero-order valence-corrected chi connectivity index (χ0v) is 14.9. The van der Waals surface area contributed by atoms with Crippen LogP contribution >= 0.6 is 11.8 Å². The second-order valence-corrected chi connectivity index (χ2v) is 6.74. The van der Waals surface area contributed by atoms with Crippen molar-refractivity contribution in [2.24, 2.45) is 7.05 Å². The lowest BCUT2D eigenvalue weighted by Crippen LogP contribution is -2.37. The molecule has 0 aliphatic heterocycles. The number of aromatic nitrogens is 2. The number of hydrogen-bond acceptors (Lipinski definition) is 5. The maximum atomic E-state index is 12.3. The Morgan fingerprint density at radius 2 is 2.18 bits per heavy atom. The zero-order chi connectivity index (χ0) is 16.7. The largest absolute Gasteiger partial charge is 0.354 e. The van der Waals surface area contributed by atoms with Gasteiger partial charge in [-0.25, -0.2) is 4.98 Å². The average molecular weight is 326 g/mol. The molecule has 1 unspecified atom stereocenters. The van der Waals surface area contributed by atoms with Gasteiger partial charge in [0.1, 0.15) is 0 Å². The van der Waals surface area contributed by atoms with Crippen LogP contribution in [-0.4, -0.2) is 52.8 Å². The Morgan fingerprint density at radius 1 is 1.50 bits per heavy atom. The van der Waals surface area contributed by atoms with Crippen LogP contribution in [0.25, 0.3) is 0 Å². The van der Waals surface area contributed by atoms with Gasteiger partial charge in [-0.05, 0) is 27.4 Å². The van der Waals surface area contributed by atoms with Crippen molar-refractivity contribution < 1.29 is 4.79 Å². The zero-order valence-electron chi connectivity index (χ0n) is 14.0. The van der Waals surface area contributed by atoms with Gasteiger partial charge in [-0.3, -0.25) is 14.2 Å². The molecule has 0 spiro atoms. The van der Waals surface area contributed by atoms with Gasteiger partial charge in [0.2, 0.25) is 5.91 Å². The molecule has 1 aromatic rings. The second-order valence-electron chi connectivity index (χ2n) is 5.57. The number of thioether (sulfide) groups is 1. The van der Waals surface area contributed by atoms with Gasteiger partial charge in [-0.2, -0.15) is 0 Å². The molecule has 0 saturated heterocycles. The van der Waals surface area contributed by atoms with E-state index in [0.29, 0.717) is 17.4 Å². The van der Waals surface area contributed by atoms with Crippen molar-refractivity contribution in [2.75, 3.05) is 27.2 Å². The lowest BCUT2D eigenvalue weighted by molar-refractivity contribution is -0.120. The van der Waals surface area contributed by atoms with Gasteiger partial charge in [-0.15, -0.1) is 0 Å². The molecule has 1 heterocycles. The summed E-state index contributed by atoms with van der Waals surface area (Å²) in [6, 6.07) is 1.50. The maximum absolute atomic E-state index is 12.3. The van der Waals surface area contributed by atoms with Crippen LogP contribution in [-0.2, 0) is 11.8 Å². The van der Waals surface area contributed by atoms with Crippen LogP contribution in [0.5, 0.6) is 0 Å². The topological polar surface area (TPSA) is 67.2 Å². The van der Waals surface area contributed by atoms with Gasteiger partial charge >= 0.3 is 0 Å². The molecule has 1 amide bonds. The first-order chi connectivity index (χ1) is 10.3. The summed E-state index contributed by atoms with van der Waals surface area (Å²) >= 11 is 1.36. The summed E-state index contributed by atoms with van der Waals surface area (Å²) in [5.41, 5.74) is 0.576. The van der Waals surface area contributed by atoms with E-state index in [4.69, 9.17) is 0 Å². The smallest absolute Gasteiger partial charge is 0.254 e. The normalized spacial score (nSPS) is 12.5. The van der Waals surface area contributed by atoms with Crippen LogP contribution in [0.2, 0.25) is 0 Å². The Bertz CT molecular complexity index is 557. The van der Waals surface area contributed by atoms with Crippen LogP contribution < -0.4 is 10.9 Å². The minimum Gasteiger partial charge on any atom is -0.354 e. The summed E-state index contributed by atoms with van der Waals surface area (Å²) in [6.45, 7) is 5.25. The van der Waals surface area contributed by atoms with Gasteiger partial charge < -0.3 is 10.2 Å². The molecule has 0 saturated carbocycles. The number of likely N-dealkylation sites (N-methyl/N-ethyl adjacent to an activating group) is 1. The molecule has 1 rings (SSSR count). The number of rotatable bonds is 8.